The maximum Gasteiger partial charge on any atom is 0.232 e. The minimum absolute atomic E-state index is 0.0372. The van der Waals surface area contributed by atoms with Crippen molar-refractivity contribution in [3.63, 3.8) is 0 Å². The van der Waals surface area contributed by atoms with E-state index in [1.807, 2.05) is 6.92 Å². The molecule has 1 aromatic rings. The molecular weight excluding hydrogens is 290 g/mol. The van der Waals surface area contributed by atoms with Gasteiger partial charge >= 0.3 is 0 Å². The Hall–Kier alpha value is -1.91. The predicted molar refractivity (Wildman–Crippen MR) is 90.8 cm³/mol. The van der Waals surface area contributed by atoms with Crippen LogP contribution < -0.4 is 5.32 Å². The van der Waals surface area contributed by atoms with Gasteiger partial charge in [0.15, 0.2) is 5.78 Å². The van der Waals surface area contributed by atoms with Gasteiger partial charge < -0.3 is 15.7 Å². The molecule has 2 rings (SSSR count). The first-order valence-electron chi connectivity index (χ1n) is 8.36. The van der Waals surface area contributed by atoms with Crippen LogP contribution in [0, 0.1) is 22.7 Å². The van der Waals surface area contributed by atoms with Crippen molar-refractivity contribution < 1.29 is 9.59 Å². The average molecular weight is 317 g/mol. The third-order valence-electron chi connectivity index (χ3n) is 5.31. The Morgan fingerprint density at radius 2 is 2.17 bits per heavy atom. The number of Topliss-reactive ketones (excluding diaryl/α,β-unsaturated/α-hetero) is 1. The number of ketones is 1. The van der Waals surface area contributed by atoms with Crippen LogP contribution in [-0.2, 0) is 4.79 Å². The Balaban J connectivity index is 2.06. The van der Waals surface area contributed by atoms with E-state index in [4.69, 9.17) is 5.41 Å². The Morgan fingerprint density at radius 3 is 2.74 bits per heavy atom. The smallest absolute Gasteiger partial charge is 0.232 e. The summed E-state index contributed by atoms with van der Waals surface area (Å²) < 4.78 is 0. The van der Waals surface area contributed by atoms with Crippen molar-refractivity contribution in [3.05, 3.63) is 24.0 Å². The van der Waals surface area contributed by atoms with Gasteiger partial charge in [-0.1, -0.05) is 19.8 Å². The quantitative estimate of drug-likeness (QED) is 0.556. The van der Waals surface area contributed by atoms with Crippen molar-refractivity contribution in [2.45, 2.75) is 46.5 Å². The Kier molecular flexibility index (Phi) is 5.39. The van der Waals surface area contributed by atoms with E-state index in [9.17, 15) is 9.59 Å². The lowest BCUT2D eigenvalue weighted by Crippen LogP contribution is -2.50. The molecule has 3 N–H and O–H groups in total. The molecule has 2 unspecified atom stereocenters. The van der Waals surface area contributed by atoms with E-state index < -0.39 is 5.41 Å². The molecular formula is C18H27N3O2. The highest BCUT2D eigenvalue weighted by Crippen LogP contribution is 2.41. The molecule has 0 aromatic carbocycles. The second kappa shape index (κ2) is 7.11. The fourth-order valence-electron chi connectivity index (χ4n) is 3.56. The molecule has 1 heterocycles. The number of aromatic amines is 1. The molecule has 0 aliphatic heterocycles. The fraction of sp³-hybridized carbons (Fsp3) is 0.611. The minimum Gasteiger partial charge on any atom is -0.359 e. The lowest BCUT2D eigenvalue weighted by molar-refractivity contribution is -0.129. The van der Waals surface area contributed by atoms with E-state index in [0.717, 1.165) is 19.3 Å². The summed E-state index contributed by atoms with van der Waals surface area (Å²) in [7, 11) is 0. The number of carbonyl (C=O) groups is 2. The number of hydrogen-bond acceptors (Lipinski definition) is 3. The Bertz CT molecular complexity index is 579. The third-order valence-corrected chi connectivity index (χ3v) is 5.31. The normalized spacial score (nSPS) is 23.8. The molecule has 1 aliphatic rings. The summed E-state index contributed by atoms with van der Waals surface area (Å²) in [4.78, 5) is 27.7. The van der Waals surface area contributed by atoms with Crippen LogP contribution in [0.15, 0.2) is 18.3 Å². The number of hydrogen-bond donors (Lipinski definition) is 3. The SMILES string of the molecule is CC(=N)C(C)(C(=O)NCC(=O)c1ccc[nH]1)C1CCC[C@@H](C)C1. The molecule has 5 heteroatoms. The molecule has 1 aromatic heterocycles. The topological polar surface area (TPSA) is 85.8 Å². The van der Waals surface area contributed by atoms with Crippen LogP contribution in [0.5, 0.6) is 0 Å². The zero-order valence-electron chi connectivity index (χ0n) is 14.2. The van der Waals surface area contributed by atoms with Crippen molar-refractivity contribution in [2.24, 2.45) is 17.3 Å². The lowest BCUT2D eigenvalue weighted by atomic mass is 9.65. The third kappa shape index (κ3) is 3.71. The highest BCUT2D eigenvalue weighted by atomic mass is 16.2. The van der Waals surface area contributed by atoms with Crippen LogP contribution in [0.3, 0.4) is 0 Å². The molecule has 1 saturated carbocycles. The number of aromatic nitrogens is 1. The van der Waals surface area contributed by atoms with Crippen LogP contribution in [0.25, 0.3) is 0 Å². The highest BCUT2D eigenvalue weighted by molar-refractivity contribution is 6.07. The summed E-state index contributed by atoms with van der Waals surface area (Å²) in [6.07, 6.45) is 5.91. The molecule has 126 valence electrons. The van der Waals surface area contributed by atoms with Crippen molar-refractivity contribution in [3.8, 4) is 0 Å². The molecule has 23 heavy (non-hydrogen) atoms. The van der Waals surface area contributed by atoms with Gasteiger partial charge in [0, 0.05) is 11.9 Å². The zero-order valence-corrected chi connectivity index (χ0v) is 14.2. The molecule has 0 radical (unpaired) electrons. The van der Waals surface area contributed by atoms with E-state index in [2.05, 4.69) is 17.2 Å². The van der Waals surface area contributed by atoms with E-state index in [1.165, 1.54) is 6.42 Å². The number of carbonyl (C=O) groups excluding carboxylic acids is 2. The van der Waals surface area contributed by atoms with Gasteiger partial charge in [0.1, 0.15) is 0 Å². The second-order valence-corrected chi connectivity index (χ2v) is 6.99. The van der Waals surface area contributed by atoms with Crippen LogP contribution in [0.4, 0.5) is 0 Å². The summed E-state index contributed by atoms with van der Waals surface area (Å²) in [6, 6.07) is 3.45. The number of H-pyrrole nitrogens is 1. The minimum atomic E-state index is -0.829. The monoisotopic (exact) mass is 317 g/mol. The van der Waals surface area contributed by atoms with Gasteiger partial charge in [-0.3, -0.25) is 9.59 Å². The molecule has 1 aliphatic carbocycles. The van der Waals surface area contributed by atoms with Crippen molar-refractivity contribution >= 4 is 17.4 Å². The Labute approximate surface area is 137 Å². The fourth-order valence-corrected chi connectivity index (χ4v) is 3.56. The van der Waals surface area contributed by atoms with E-state index in [0.29, 0.717) is 17.3 Å². The predicted octanol–water partition coefficient (Wildman–Crippen LogP) is 3.19. The Morgan fingerprint density at radius 1 is 1.43 bits per heavy atom. The van der Waals surface area contributed by atoms with Crippen molar-refractivity contribution in [2.75, 3.05) is 6.54 Å². The molecule has 0 spiro atoms. The van der Waals surface area contributed by atoms with Crippen molar-refractivity contribution in [1.82, 2.24) is 10.3 Å². The molecule has 3 atom stereocenters. The summed E-state index contributed by atoms with van der Waals surface area (Å²) in [5.74, 6) is 0.402. The van der Waals surface area contributed by atoms with Gasteiger partial charge in [-0.2, -0.15) is 0 Å². The first-order chi connectivity index (χ1) is 10.9. The standard InChI is InChI=1S/C18H27N3O2/c1-12-6-4-7-14(10-12)18(3,13(2)19)17(23)21-11-16(22)15-8-5-9-20-15/h5,8-9,12,14,19-20H,4,6-7,10-11H2,1-3H3,(H,21,23)/t12-,14?,18?/m1/s1. The van der Waals surface area contributed by atoms with Gasteiger partial charge in [0.05, 0.1) is 17.7 Å². The van der Waals surface area contributed by atoms with Crippen LogP contribution >= 0.6 is 0 Å². The number of rotatable bonds is 6. The van der Waals surface area contributed by atoms with E-state index in [-0.39, 0.29) is 24.2 Å². The molecule has 5 nitrogen and oxygen atoms in total. The van der Waals surface area contributed by atoms with Crippen LogP contribution in [0.1, 0.15) is 56.9 Å². The van der Waals surface area contributed by atoms with Crippen LogP contribution in [-0.4, -0.2) is 28.9 Å². The first-order valence-corrected chi connectivity index (χ1v) is 8.36. The van der Waals surface area contributed by atoms with Gasteiger partial charge in [-0.25, -0.2) is 0 Å². The molecule has 1 amide bonds. The second-order valence-electron chi connectivity index (χ2n) is 6.99. The lowest BCUT2D eigenvalue weighted by Gasteiger charge is -2.40. The van der Waals surface area contributed by atoms with Crippen molar-refractivity contribution in [1.29, 1.82) is 5.41 Å². The summed E-state index contributed by atoms with van der Waals surface area (Å²) >= 11 is 0. The zero-order chi connectivity index (χ0) is 17.0. The molecule has 0 saturated heterocycles. The van der Waals surface area contributed by atoms with Gasteiger partial charge in [-0.15, -0.1) is 0 Å². The summed E-state index contributed by atoms with van der Waals surface area (Å²) in [5, 5.41) is 10.9. The van der Waals surface area contributed by atoms with Gasteiger partial charge in [-0.05, 0) is 50.7 Å². The average Bonchev–Trinajstić information content (AvgIpc) is 3.05. The van der Waals surface area contributed by atoms with E-state index >= 15 is 0 Å². The first kappa shape index (κ1) is 17.4. The van der Waals surface area contributed by atoms with Gasteiger partial charge in [0.25, 0.3) is 0 Å². The maximum absolute atomic E-state index is 12.8. The molecule has 0 bridgehead atoms. The number of nitrogens with one attached hydrogen (secondary N) is 3. The van der Waals surface area contributed by atoms with Gasteiger partial charge in [0.2, 0.25) is 5.91 Å². The number of amides is 1. The van der Waals surface area contributed by atoms with Crippen LogP contribution in [0.2, 0.25) is 0 Å². The van der Waals surface area contributed by atoms with E-state index in [1.54, 1.807) is 25.3 Å². The summed E-state index contributed by atoms with van der Waals surface area (Å²) in [5.41, 5.74) is 0.0383. The largest absolute Gasteiger partial charge is 0.359 e. The maximum atomic E-state index is 12.8. The molecule has 1 fully saturated rings. The highest BCUT2D eigenvalue weighted by Gasteiger charge is 2.44. The summed E-state index contributed by atoms with van der Waals surface area (Å²) in [6.45, 7) is 5.72.